The zero-order chi connectivity index (χ0) is 16.2. The van der Waals surface area contributed by atoms with E-state index in [1.165, 1.54) is 0 Å². The molecule has 2 rings (SSSR count). The predicted octanol–water partition coefficient (Wildman–Crippen LogP) is 3.76. The Morgan fingerprint density at radius 1 is 0.826 bits per heavy atom. The van der Waals surface area contributed by atoms with Crippen LogP contribution in [0.4, 0.5) is 0 Å². The fourth-order valence-electron chi connectivity index (χ4n) is 2.69. The van der Waals surface area contributed by atoms with Gasteiger partial charge in [0.05, 0.1) is 12.2 Å². The number of hydrogen-bond donors (Lipinski definition) is 0. The summed E-state index contributed by atoms with van der Waals surface area (Å²) >= 11 is 0. The maximum atomic E-state index is 5.67. The van der Waals surface area contributed by atoms with Gasteiger partial charge in [0.1, 0.15) is 0 Å². The van der Waals surface area contributed by atoms with Gasteiger partial charge < -0.3 is 19.8 Å². The fraction of sp³-hybridized carbons (Fsp3) is 0.882. The monoisotopic (exact) mass is 476 g/mol. The molecule has 2 saturated heterocycles. The SMILES string of the molecule is CC(C)C1C[CH-]N(C)O1.CC(C)C1[CH-]N(C)OC1C(C)C.[Y].[Y]. The van der Waals surface area contributed by atoms with Gasteiger partial charge in [-0.15, -0.1) is 12.3 Å². The van der Waals surface area contributed by atoms with Crippen LogP contribution in [0.5, 0.6) is 0 Å². The van der Waals surface area contributed by atoms with E-state index in [2.05, 4.69) is 54.6 Å². The summed E-state index contributed by atoms with van der Waals surface area (Å²) in [5, 5.41) is 3.65. The summed E-state index contributed by atoms with van der Waals surface area (Å²) in [6.45, 7) is 17.5. The molecule has 2 fully saturated rings. The standard InChI is InChI=1S/C10H20NO.C7H14NO.2Y/c1-7(2)9-6-11(5)12-10(9)8(3)4;1-6(2)7-4-5-8(3)9-7;;/h6-10H,1-5H3;5-7H,4H2,1-3H3;;/q2*-1;;. The summed E-state index contributed by atoms with van der Waals surface area (Å²) in [7, 11) is 3.90. The Balaban J connectivity index is 0. The van der Waals surface area contributed by atoms with Crippen LogP contribution >= 0.6 is 0 Å². The molecule has 0 aliphatic carbocycles. The molecule has 2 radical (unpaired) electrons. The first-order valence-electron chi connectivity index (χ1n) is 8.19. The van der Waals surface area contributed by atoms with Crippen LogP contribution in [0.15, 0.2) is 0 Å². The van der Waals surface area contributed by atoms with Gasteiger partial charge in [-0.1, -0.05) is 47.5 Å². The van der Waals surface area contributed by atoms with Gasteiger partial charge in [-0.2, -0.15) is 0 Å². The fourth-order valence-corrected chi connectivity index (χ4v) is 2.69. The van der Waals surface area contributed by atoms with E-state index in [1.807, 2.05) is 19.2 Å². The van der Waals surface area contributed by atoms with Gasteiger partial charge in [0.2, 0.25) is 0 Å². The van der Waals surface area contributed by atoms with Crippen LogP contribution in [0.2, 0.25) is 0 Å². The first-order valence-corrected chi connectivity index (χ1v) is 8.19. The Bertz CT molecular complexity index is 288. The van der Waals surface area contributed by atoms with Gasteiger partial charge in [0.25, 0.3) is 0 Å². The van der Waals surface area contributed by atoms with E-state index in [0.717, 1.165) is 6.42 Å². The van der Waals surface area contributed by atoms with Gasteiger partial charge in [-0.05, 0) is 25.9 Å². The van der Waals surface area contributed by atoms with E-state index in [4.69, 9.17) is 9.68 Å². The Hall–Kier alpha value is 2.05. The smallest absolute Gasteiger partial charge is 0.0555 e. The molecule has 2 aliphatic heterocycles. The summed E-state index contributed by atoms with van der Waals surface area (Å²) in [6, 6.07) is 0. The van der Waals surface area contributed by atoms with Crippen LogP contribution in [0.1, 0.15) is 48.0 Å². The average Bonchev–Trinajstić information content (AvgIpc) is 2.96. The van der Waals surface area contributed by atoms with Gasteiger partial charge >= 0.3 is 0 Å². The van der Waals surface area contributed by atoms with E-state index in [-0.39, 0.29) is 65.4 Å². The second kappa shape index (κ2) is 13.3. The van der Waals surface area contributed by atoms with E-state index in [1.54, 1.807) is 5.06 Å². The average molecular weight is 476 g/mol. The molecule has 0 aromatic carbocycles. The van der Waals surface area contributed by atoms with Crippen molar-refractivity contribution in [2.75, 3.05) is 14.1 Å². The van der Waals surface area contributed by atoms with Crippen LogP contribution in [-0.2, 0) is 75.1 Å². The Morgan fingerprint density at radius 3 is 1.65 bits per heavy atom. The first kappa shape index (κ1) is 27.3. The van der Waals surface area contributed by atoms with Crippen molar-refractivity contribution in [1.29, 1.82) is 0 Å². The van der Waals surface area contributed by atoms with Crippen molar-refractivity contribution in [3.63, 3.8) is 0 Å². The zero-order valence-corrected chi connectivity index (χ0v) is 21.9. The second-order valence-corrected chi connectivity index (χ2v) is 7.18. The van der Waals surface area contributed by atoms with Crippen LogP contribution in [-0.4, -0.2) is 36.4 Å². The molecular formula is C17H34N2O2Y2-2. The number of nitrogens with zero attached hydrogens (tertiary/aromatic N) is 2. The molecule has 3 atom stereocenters. The molecule has 0 bridgehead atoms. The van der Waals surface area contributed by atoms with Crippen molar-refractivity contribution in [2.24, 2.45) is 23.7 Å². The van der Waals surface area contributed by atoms with E-state index in [9.17, 15) is 0 Å². The minimum atomic E-state index is 0. The van der Waals surface area contributed by atoms with Crippen LogP contribution < -0.4 is 0 Å². The molecule has 0 aromatic rings. The summed E-state index contributed by atoms with van der Waals surface area (Å²) < 4.78 is 0. The molecule has 2 heterocycles. The number of hydrogen-bond acceptors (Lipinski definition) is 4. The largest absolute Gasteiger partial charge is 0.339 e. The maximum Gasteiger partial charge on any atom is 0.0555 e. The molecule has 132 valence electrons. The molecule has 6 heteroatoms. The molecule has 0 aromatic heterocycles. The summed E-state index contributed by atoms with van der Waals surface area (Å²) in [6.07, 6.45) is 1.85. The summed E-state index contributed by atoms with van der Waals surface area (Å²) in [5.74, 6) is 2.47. The molecule has 0 amide bonds. The van der Waals surface area contributed by atoms with Crippen molar-refractivity contribution in [3.05, 3.63) is 13.1 Å². The van der Waals surface area contributed by atoms with Crippen LogP contribution in [0.3, 0.4) is 0 Å². The molecule has 4 nitrogen and oxygen atoms in total. The maximum absolute atomic E-state index is 5.67. The topological polar surface area (TPSA) is 24.9 Å². The number of rotatable bonds is 3. The predicted molar refractivity (Wildman–Crippen MR) is 86.5 cm³/mol. The summed E-state index contributed by atoms with van der Waals surface area (Å²) in [5.41, 5.74) is 0. The molecule has 2 aliphatic rings. The normalized spacial score (nSPS) is 28.6. The van der Waals surface area contributed by atoms with Crippen molar-refractivity contribution in [1.82, 2.24) is 10.1 Å². The van der Waals surface area contributed by atoms with Crippen molar-refractivity contribution in [2.45, 2.75) is 60.2 Å². The Morgan fingerprint density at radius 2 is 1.39 bits per heavy atom. The van der Waals surface area contributed by atoms with Crippen molar-refractivity contribution < 1.29 is 75.1 Å². The molecule has 3 unspecified atom stereocenters. The van der Waals surface area contributed by atoms with Gasteiger partial charge in [0.15, 0.2) is 0 Å². The van der Waals surface area contributed by atoms with Crippen molar-refractivity contribution >= 4 is 0 Å². The van der Waals surface area contributed by atoms with Gasteiger partial charge in [-0.3, -0.25) is 0 Å². The Labute approximate surface area is 194 Å². The van der Waals surface area contributed by atoms with E-state index in [0.29, 0.717) is 35.9 Å². The van der Waals surface area contributed by atoms with Crippen LogP contribution in [0.25, 0.3) is 0 Å². The minimum absolute atomic E-state index is 0. The van der Waals surface area contributed by atoms with E-state index < -0.39 is 0 Å². The van der Waals surface area contributed by atoms with Gasteiger partial charge in [0, 0.05) is 65.4 Å². The number of hydroxylamine groups is 4. The first-order chi connectivity index (χ1) is 9.72. The van der Waals surface area contributed by atoms with E-state index >= 15 is 0 Å². The molecular weight excluding hydrogens is 442 g/mol. The third-order valence-electron chi connectivity index (χ3n) is 4.12. The second-order valence-electron chi connectivity index (χ2n) is 7.18. The quantitative estimate of drug-likeness (QED) is 0.580. The van der Waals surface area contributed by atoms with Crippen LogP contribution in [0, 0.1) is 36.8 Å². The minimum Gasteiger partial charge on any atom is -0.339 e. The molecule has 0 saturated carbocycles. The molecule has 0 N–H and O–H groups in total. The van der Waals surface area contributed by atoms with Gasteiger partial charge in [-0.25, -0.2) is 13.1 Å². The zero-order valence-electron chi connectivity index (χ0n) is 16.2. The molecule has 23 heavy (non-hydrogen) atoms. The Kier molecular flexibility index (Phi) is 15.7. The molecule has 0 spiro atoms. The van der Waals surface area contributed by atoms with Crippen molar-refractivity contribution in [3.8, 4) is 0 Å². The summed E-state index contributed by atoms with van der Waals surface area (Å²) in [4.78, 5) is 11.1. The third kappa shape index (κ3) is 9.52. The third-order valence-corrected chi connectivity index (χ3v) is 4.12.